The molecule has 142 valence electrons. The van der Waals surface area contributed by atoms with E-state index in [1.54, 1.807) is 29.2 Å². The molecular formula is C21H20N4O2S. The zero-order valence-electron chi connectivity index (χ0n) is 15.4. The Kier molecular flexibility index (Phi) is 4.93. The van der Waals surface area contributed by atoms with Gasteiger partial charge in [0, 0.05) is 30.5 Å². The lowest BCUT2D eigenvalue weighted by molar-refractivity contribution is 0.582. The van der Waals surface area contributed by atoms with Crippen LogP contribution in [-0.2, 0) is 16.4 Å². The zero-order valence-corrected chi connectivity index (χ0v) is 16.2. The molecule has 0 saturated carbocycles. The monoisotopic (exact) mass is 392 g/mol. The Labute approximate surface area is 163 Å². The molecule has 4 rings (SSSR count). The van der Waals surface area contributed by atoms with Gasteiger partial charge in [-0.1, -0.05) is 24.3 Å². The summed E-state index contributed by atoms with van der Waals surface area (Å²) in [5, 5.41) is 5.01. The van der Waals surface area contributed by atoms with Gasteiger partial charge >= 0.3 is 0 Å². The van der Waals surface area contributed by atoms with Crippen molar-refractivity contribution < 1.29 is 8.42 Å². The molecule has 4 aromatic rings. The van der Waals surface area contributed by atoms with Crippen LogP contribution in [0, 0.1) is 6.92 Å². The lowest BCUT2D eigenvalue weighted by Crippen LogP contribution is -2.26. The van der Waals surface area contributed by atoms with E-state index in [2.05, 4.69) is 14.8 Å². The number of fused-ring (bicyclic) bond motifs is 1. The third-order valence-electron chi connectivity index (χ3n) is 4.51. The normalized spacial score (nSPS) is 11.8. The molecule has 0 saturated heterocycles. The highest BCUT2D eigenvalue weighted by Crippen LogP contribution is 2.21. The molecule has 0 amide bonds. The summed E-state index contributed by atoms with van der Waals surface area (Å²) in [4.78, 5) is 4.53. The highest BCUT2D eigenvalue weighted by Gasteiger charge is 2.17. The quantitative estimate of drug-likeness (QED) is 0.546. The van der Waals surface area contributed by atoms with Crippen molar-refractivity contribution in [2.45, 2.75) is 18.2 Å². The molecule has 2 aromatic carbocycles. The van der Waals surface area contributed by atoms with Gasteiger partial charge in [0.25, 0.3) is 0 Å². The molecule has 0 fully saturated rings. The predicted octanol–water partition coefficient (Wildman–Crippen LogP) is 3.25. The van der Waals surface area contributed by atoms with E-state index in [1.807, 2.05) is 55.6 Å². The van der Waals surface area contributed by atoms with Crippen molar-refractivity contribution in [1.82, 2.24) is 19.5 Å². The Morgan fingerprint density at radius 1 is 1.07 bits per heavy atom. The van der Waals surface area contributed by atoms with E-state index < -0.39 is 10.0 Å². The second-order valence-corrected chi connectivity index (χ2v) is 8.34. The largest absolute Gasteiger partial charge is 0.255 e. The fourth-order valence-corrected chi connectivity index (χ4v) is 4.31. The number of nitrogens with one attached hydrogen (secondary N) is 1. The molecule has 0 atom stereocenters. The number of nitrogens with zero attached hydrogens (tertiary/aromatic N) is 3. The summed E-state index contributed by atoms with van der Waals surface area (Å²) < 4.78 is 30.0. The average molecular weight is 392 g/mol. The standard InChI is InChI=1S/C21H20N4O2S/c1-16-14-18-4-2-5-20(21(18)22-15-16)28(26,27)24-12-10-17-6-8-19(9-7-17)25-13-3-11-23-25/h2-9,11,13-15,24H,10,12H2,1H3. The lowest BCUT2D eigenvalue weighted by Gasteiger charge is -2.10. The van der Waals surface area contributed by atoms with E-state index in [0.29, 0.717) is 18.5 Å². The van der Waals surface area contributed by atoms with Crippen molar-refractivity contribution in [2.24, 2.45) is 0 Å². The minimum atomic E-state index is -3.64. The molecule has 2 heterocycles. The first kappa shape index (κ1) is 18.3. The Morgan fingerprint density at radius 3 is 2.64 bits per heavy atom. The summed E-state index contributed by atoms with van der Waals surface area (Å²) in [7, 11) is -3.64. The van der Waals surface area contributed by atoms with Gasteiger partial charge in [0.05, 0.1) is 11.2 Å². The summed E-state index contributed by atoms with van der Waals surface area (Å²) >= 11 is 0. The van der Waals surface area contributed by atoms with Gasteiger partial charge in [-0.2, -0.15) is 5.10 Å². The van der Waals surface area contributed by atoms with Crippen molar-refractivity contribution in [3.05, 3.63) is 84.3 Å². The van der Waals surface area contributed by atoms with Crippen LogP contribution in [0.25, 0.3) is 16.6 Å². The fraction of sp³-hybridized carbons (Fsp3) is 0.143. The number of aryl methyl sites for hydroxylation is 1. The van der Waals surface area contributed by atoms with Crippen LogP contribution in [0.3, 0.4) is 0 Å². The maximum Gasteiger partial charge on any atom is 0.242 e. The number of para-hydroxylation sites is 1. The Bertz CT molecular complexity index is 1200. The number of benzene rings is 2. The molecule has 1 N–H and O–H groups in total. The highest BCUT2D eigenvalue weighted by molar-refractivity contribution is 7.89. The molecule has 0 spiro atoms. The van der Waals surface area contributed by atoms with Crippen molar-refractivity contribution in [2.75, 3.05) is 6.54 Å². The third-order valence-corrected chi connectivity index (χ3v) is 6.00. The van der Waals surface area contributed by atoms with E-state index in [4.69, 9.17) is 0 Å². The van der Waals surface area contributed by atoms with Crippen molar-refractivity contribution >= 4 is 20.9 Å². The maximum absolute atomic E-state index is 12.8. The predicted molar refractivity (Wildman–Crippen MR) is 109 cm³/mol. The molecule has 2 aromatic heterocycles. The van der Waals surface area contributed by atoms with E-state index in [-0.39, 0.29) is 4.90 Å². The minimum absolute atomic E-state index is 0.207. The molecule has 0 aliphatic rings. The minimum Gasteiger partial charge on any atom is -0.255 e. The highest BCUT2D eigenvalue weighted by atomic mass is 32.2. The zero-order chi connectivity index (χ0) is 19.6. The van der Waals surface area contributed by atoms with E-state index >= 15 is 0 Å². The van der Waals surface area contributed by atoms with E-state index in [9.17, 15) is 8.42 Å². The van der Waals surface area contributed by atoms with E-state index in [1.165, 1.54) is 0 Å². The van der Waals surface area contributed by atoms with Crippen LogP contribution in [-0.4, -0.2) is 29.7 Å². The van der Waals surface area contributed by atoms with Gasteiger partial charge in [0.1, 0.15) is 4.90 Å². The summed E-state index contributed by atoms with van der Waals surface area (Å²) in [6.45, 7) is 2.25. The third kappa shape index (κ3) is 3.81. The lowest BCUT2D eigenvalue weighted by atomic mass is 10.1. The second kappa shape index (κ2) is 7.53. The van der Waals surface area contributed by atoms with Crippen LogP contribution >= 0.6 is 0 Å². The summed E-state index contributed by atoms with van der Waals surface area (Å²) in [5.74, 6) is 0. The van der Waals surface area contributed by atoms with Gasteiger partial charge in [-0.15, -0.1) is 0 Å². The first-order valence-corrected chi connectivity index (χ1v) is 10.5. The van der Waals surface area contributed by atoms with Gasteiger partial charge < -0.3 is 0 Å². The Hall–Kier alpha value is -3.03. The molecule has 0 aliphatic carbocycles. The van der Waals surface area contributed by atoms with Crippen LogP contribution in [0.4, 0.5) is 0 Å². The molecule has 0 unspecified atom stereocenters. The molecular weight excluding hydrogens is 372 g/mol. The van der Waals surface area contributed by atoms with Crippen LogP contribution in [0.15, 0.2) is 78.1 Å². The van der Waals surface area contributed by atoms with Gasteiger partial charge in [0.15, 0.2) is 0 Å². The number of sulfonamides is 1. The smallest absolute Gasteiger partial charge is 0.242 e. The number of aromatic nitrogens is 3. The Morgan fingerprint density at radius 2 is 1.89 bits per heavy atom. The first-order valence-electron chi connectivity index (χ1n) is 8.97. The topological polar surface area (TPSA) is 76.9 Å². The van der Waals surface area contributed by atoms with E-state index in [0.717, 1.165) is 22.2 Å². The van der Waals surface area contributed by atoms with Crippen LogP contribution in [0.1, 0.15) is 11.1 Å². The number of hydrogen-bond acceptors (Lipinski definition) is 4. The Balaban J connectivity index is 1.46. The number of hydrogen-bond donors (Lipinski definition) is 1. The number of pyridine rings is 1. The van der Waals surface area contributed by atoms with Gasteiger partial charge in [0.2, 0.25) is 10.0 Å². The molecule has 28 heavy (non-hydrogen) atoms. The molecule has 6 nitrogen and oxygen atoms in total. The summed E-state index contributed by atoms with van der Waals surface area (Å²) in [6, 6.07) is 16.9. The second-order valence-electron chi connectivity index (χ2n) is 6.61. The molecule has 0 aliphatic heterocycles. The summed E-state index contributed by atoms with van der Waals surface area (Å²) in [5.41, 5.74) is 3.49. The fourth-order valence-electron chi connectivity index (χ4n) is 3.10. The molecule has 0 bridgehead atoms. The van der Waals surface area contributed by atoms with Gasteiger partial charge in [-0.25, -0.2) is 17.8 Å². The van der Waals surface area contributed by atoms with Crippen molar-refractivity contribution in [3.8, 4) is 5.69 Å². The summed E-state index contributed by atoms with van der Waals surface area (Å²) in [6.07, 6.45) is 5.88. The van der Waals surface area contributed by atoms with Crippen molar-refractivity contribution in [3.63, 3.8) is 0 Å². The van der Waals surface area contributed by atoms with Gasteiger partial charge in [-0.05, 0) is 54.8 Å². The van der Waals surface area contributed by atoms with Crippen molar-refractivity contribution in [1.29, 1.82) is 0 Å². The SMILES string of the molecule is Cc1cnc2c(S(=O)(=O)NCCc3ccc(-n4cccn4)cc3)cccc2c1. The molecule has 0 radical (unpaired) electrons. The van der Waals surface area contributed by atoms with Crippen LogP contribution in [0.5, 0.6) is 0 Å². The van der Waals surface area contributed by atoms with Gasteiger partial charge in [-0.3, -0.25) is 4.98 Å². The molecule has 7 heteroatoms. The average Bonchev–Trinajstić information content (AvgIpc) is 3.22. The maximum atomic E-state index is 12.8. The number of rotatable bonds is 6. The first-order chi connectivity index (χ1) is 13.5. The van der Waals surface area contributed by atoms with Crippen LogP contribution < -0.4 is 4.72 Å². The van der Waals surface area contributed by atoms with Crippen LogP contribution in [0.2, 0.25) is 0 Å².